The highest BCUT2D eigenvalue weighted by Gasteiger charge is 2.26. The number of benzene rings is 2. The lowest BCUT2D eigenvalue weighted by Gasteiger charge is -2.32. The quantitative estimate of drug-likeness (QED) is 0.742. The highest BCUT2D eigenvalue weighted by molar-refractivity contribution is 5.97. The molecule has 27 heavy (non-hydrogen) atoms. The number of likely N-dealkylation sites (N-methyl/N-ethyl adjacent to an activating group) is 1. The SMILES string of the molecule is CNC(Cc1cc(C)cc(C)c1C(=O)N(C(C)C)C(C)C)c1ccccc1. The van der Waals surface area contributed by atoms with Crippen molar-refractivity contribution in [2.75, 3.05) is 7.05 Å². The first-order valence-electron chi connectivity index (χ1n) is 9.91. The molecule has 0 aliphatic carbocycles. The number of aryl methyl sites for hydroxylation is 2. The Hall–Kier alpha value is -2.13. The van der Waals surface area contributed by atoms with Crippen LogP contribution in [0, 0.1) is 13.8 Å². The molecule has 0 heterocycles. The molecule has 0 aromatic heterocycles. The molecule has 1 amide bonds. The molecular formula is C24H34N2O. The zero-order chi connectivity index (χ0) is 20.1. The Labute approximate surface area is 164 Å². The van der Waals surface area contributed by atoms with E-state index in [4.69, 9.17) is 0 Å². The third-order valence-electron chi connectivity index (χ3n) is 5.10. The van der Waals surface area contributed by atoms with Gasteiger partial charge < -0.3 is 10.2 Å². The predicted molar refractivity (Wildman–Crippen MR) is 114 cm³/mol. The lowest BCUT2D eigenvalue weighted by atomic mass is 9.90. The normalized spacial score (nSPS) is 12.5. The molecule has 1 atom stereocenters. The minimum atomic E-state index is 0.135. The molecule has 0 fully saturated rings. The average molecular weight is 367 g/mol. The van der Waals surface area contributed by atoms with Gasteiger partial charge in [-0.05, 0) is 71.7 Å². The van der Waals surface area contributed by atoms with Gasteiger partial charge >= 0.3 is 0 Å². The molecule has 0 aliphatic heterocycles. The maximum atomic E-state index is 13.5. The van der Waals surface area contributed by atoms with Gasteiger partial charge in [-0.2, -0.15) is 0 Å². The van der Waals surface area contributed by atoms with Gasteiger partial charge in [-0.15, -0.1) is 0 Å². The molecular weight excluding hydrogens is 332 g/mol. The molecule has 2 rings (SSSR count). The number of rotatable bonds is 7. The van der Waals surface area contributed by atoms with Crippen molar-refractivity contribution in [1.29, 1.82) is 0 Å². The van der Waals surface area contributed by atoms with Crippen LogP contribution in [-0.4, -0.2) is 29.9 Å². The van der Waals surface area contributed by atoms with E-state index in [0.29, 0.717) is 0 Å². The van der Waals surface area contributed by atoms with E-state index < -0.39 is 0 Å². The molecule has 146 valence electrons. The standard InChI is InChI=1S/C24H34N2O/c1-16(2)26(17(3)4)24(27)23-19(6)13-18(5)14-21(23)15-22(25-7)20-11-9-8-10-12-20/h8-14,16-17,22,25H,15H2,1-7H3. The van der Waals surface area contributed by atoms with Gasteiger partial charge in [0.15, 0.2) is 0 Å². The first kappa shape index (κ1) is 21.2. The molecule has 2 aromatic rings. The number of nitrogens with zero attached hydrogens (tertiary/aromatic N) is 1. The maximum Gasteiger partial charge on any atom is 0.254 e. The summed E-state index contributed by atoms with van der Waals surface area (Å²) in [5.41, 5.74) is 5.47. The van der Waals surface area contributed by atoms with Crippen molar-refractivity contribution < 1.29 is 4.79 Å². The van der Waals surface area contributed by atoms with E-state index in [9.17, 15) is 4.79 Å². The van der Waals surface area contributed by atoms with Crippen LogP contribution in [-0.2, 0) is 6.42 Å². The van der Waals surface area contributed by atoms with Gasteiger partial charge in [0.05, 0.1) is 0 Å². The molecule has 0 bridgehead atoms. The van der Waals surface area contributed by atoms with Crippen molar-refractivity contribution in [1.82, 2.24) is 10.2 Å². The number of carbonyl (C=O) groups excluding carboxylic acids is 1. The van der Waals surface area contributed by atoms with Crippen LogP contribution >= 0.6 is 0 Å². The Kier molecular flexibility index (Phi) is 7.20. The lowest BCUT2D eigenvalue weighted by Crippen LogP contribution is -2.42. The van der Waals surface area contributed by atoms with Crippen LogP contribution in [0.2, 0.25) is 0 Å². The number of carbonyl (C=O) groups is 1. The summed E-state index contributed by atoms with van der Waals surface area (Å²) in [7, 11) is 1.98. The van der Waals surface area contributed by atoms with Gasteiger partial charge in [0, 0.05) is 23.7 Å². The summed E-state index contributed by atoms with van der Waals surface area (Å²) in [4.78, 5) is 15.5. The minimum Gasteiger partial charge on any atom is -0.334 e. The minimum absolute atomic E-state index is 0.135. The first-order chi connectivity index (χ1) is 12.8. The van der Waals surface area contributed by atoms with Crippen molar-refractivity contribution in [3.05, 3.63) is 70.3 Å². The molecule has 1 unspecified atom stereocenters. The number of hydrogen-bond acceptors (Lipinski definition) is 2. The van der Waals surface area contributed by atoms with Gasteiger partial charge in [-0.1, -0.05) is 48.0 Å². The van der Waals surface area contributed by atoms with Gasteiger partial charge in [-0.25, -0.2) is 0 Å². The van der Waals surface area contributed by atoms with Crippen LogP contribution in [0.3, 0.4) is 0 Å². The Morgan fingerprint density at radius 2 is 1.59 bits per heavy atom. The van der Waals surface area contributed by atoms with Crippen molar-refractivity contribution >= 4 is 5.91 Å². The van der Waals surface area contributed by atoms with Crippen LogP contribution in [0.4, 0.5) is 0 Å². The number of hydrogen-bond donors (Lipinski definition) is 1. The summed E-state index contributed by atoms with van der Waals surface area (Å²) < 4.78 is 0. The third kappa shape index (κ3) is 4.98. The van der Waals surface area contributed by atoms with Crippen LogP contribution in [0.25, 0.3) is 0 Å². The Bertz CT molecular complexity index is 757. The predicted octanol–water partition coefficient (Wildman–Crippen LogP) is 5.07. The fraction of sp³-hybridized carbons (Fsp3) is 0.458. The molecule has 0 radical (unpaired) electrons. The summed E-state index contributed by atoms with van der Waals surface area (Å²) in [6.07, 6.45) is 0.786. The van der Waals surface area contributed by atoms with Gasteiger partial charge in [-0.3, -0.25) is 4.79 Å². The van der Waals surface area contributed by atoms with E-state index in [1.54, 1.807) is 0 Å². The Morgan fingerprint density at radius 3 is 2.11 bits per heavy atom. The van der Waals surface area contributed by atoms with E-state index in [1.165, 1.54) is 11.1 Å². The molecule has 0 spiro atoms. The molecule has 0 aliphatic rings. The zero-order valence-electron chi connectivity index (χ0n) is 17.8. The van der Waals surface area contributed by atoms with Crippen LogP contribution in [0.15, 0.2) is 42.5 Å². The topological polar surface area (TPSA) is 32.3 Å². The average Bonchev–Trinajstić information content (AvgIpc) is 2.59. The van der Waals surface area contributed by atoms with Crippen molar-refractivity contribution in [3.8, 4) is 0 Å². The second-order valence-corrected chi connectivity index (χ2v) is 7.97. The van der Waals surface area contributed by atoms with Gasteiger partial charge in [0.1, 0.15) is 0 Å². The summed E-state index contributed by atoms with van der Waals surface area (Å²) in [6.45, 7) is 12.5. The zero-order valence-corrected chi connectivity index (χ0v) is 17.8. The second kappa shape index (κ2) is 9.18. The van der Waals surface area contributed by atoms with Gasteiger partial charge in [0.2, 0.25) is 0 Å². The Balaban J connectivity index is 2.49. The van der Waals surface area contributed by atoms with Crippen molar-refractivity contribution in [3.63, 3.8) is 0 Å². The summed E-state index contributed by atoms with van der Waals surface area (Å²) in [5.74, 6) is 0.135. The smallest absolute Gasteiger partial charge is 0.254 e. The lowest BCUT2D eigenvalue weighted by molar-refractivity contribution is 0.0641. The summed E-state index contributed by atoms with van der Waals surface area (Å²) in [6, 6.07) is 15.2. The molecule has 1 N–H and O–H groups in total. The molecule has 3 nitrogen and oxygen atoms in total. The third-order valence-corrected chi connectivity index (χ3v) is 5.10. The fourth-order valence-electron chi connectivity index (χ4n) is 4.01. The van der Waals surface area contributed by atoms with Crippen LogP contribution in [0.1, 0.15) is 66.3 Å². The van der Waals surface area contributed by atoms with Crippen molar-refractivity contribution in [2.24, 2.45) is 0 Å². The number of amides is 1. The van der Waals surface area contributed by atoms with E-state index >= 15 is 0 Å². The molecule has 0 saturated heterocycles. The molecule has 2 aromatic carbocycles. The summed E-state index contributed by atoms with van der Waals surface area (Å²) in [5, 5.41) is 3.42. The number of nitrogens with one attached hydrogen (secondary N) is 1. The van der Waals surface area contributed by atoms with Crippen molar-refractivity contribution in [2.45, 2.75) is 66.1 Å². The van der Waals surface area contributed by atoms with E-state index in [1.807, 2.05) is 18.0 Å². The fourth-order valence-corrected chi connectivity index (χ4v) is 4.01. The monoisotopic (exact) mass is 366 g/mol. The summed E-state index contributed by atoms with van der Waals surface area (Å²) >= 11 is 0. The molecule has 0 saturated carbocycles. The van der Waals surface area contributed by atoms with Gasteiger partial charge in [0.25, 0.3) is 5.91 Å². The van der Waals surface area contributed by atoms with Crippen LogP contribution in [0.5, 0.6) is 0 Å². The largest absolute Gasteiger partial charge is 0.334 e. The van der Waals surface area contributed by atoms with E-state index in [0.717, 1.165) is 23.1 Å². The maximum absolute atomic E-state index is 13.5. The van der Waals surface area contributed by atoms with E-state index in [-0.39, 0.29) is 24.0 Å². The molecule has 3 heteroatoms. The van der Waals surface area contributed by atoms with E-state index in [2.05, 4.69) is 83.3 Å². The highest BCUT2D eigenvalue weighted by atomic mass is 16.2. The Morgan fingerprint density at radius 1 is 1.00 bits per heavy atom. The van der Waals surface area contributed by atoms with Crippen LogP contribution < -0.4 is 5.32 Å². The first-order valence-corrected chi connectivity index (χ1v) is 9.91. The second-order valence-electron chi connectivity index (χ2n) is 7.97. The highest BCUT2D eigenvalue weighted by Crippen LogP contribution is 2.26.